The van der Waals surface area contributed by atoms with Crippen molar-refractivity contribution in [1.82, 2.24) is 24.5 Å². The van der Waals surface area contributed by atoms with Crippen LogP contribution in [0.15, 0.2) is 79.1 Å². The van der Waals surface area contributed by atoms with Crippen molar-refractivity contribution >= 4 is 28.8 Å². The number of carboxylic acids is 1. The van der Waals surface area contributed by atoms with Gasteiger partial charge >= 0.3 is 5.97 Å². The van der Waals surface area contributed by atoms with E-state index < -0.39 is 5.97 Å². The number of hydrogen-bond acceptors (Lipinski definition) is 7. The van der Waals surface area contributed by atoms with Crippen molar-refractivity contribution in [3.8, 4) is 28.3 Å². The van der Waals surface area contributed by atoms with Crippen molar-refractivity contribution in [2.45, 2.75) is 25.7 Å². The molecule has 0 bridgehead atoms. The van der Waals surface area contributed by atoms with Crippen molar-refractivity contribution in [2.75, 3.05) is 17.6 Å². The average molecular weight is 532 g/mol. The minimum absolute atomic E-state index is 0.146. The third-order valence-corrected chi connectivity index (χ3v) is 8.38. The van der Waals surface area contributed by atoms with Gasteiger partial charge in [-0.1, -0.05) is 30.3 Å². The lowest BCUT2D eigenvalue weighted by atomic mass is 9.48. The number of nitrogens with one attached hydrogen (secondary N) is 1. The van der Waals surface area contributed by atoms with Gasteiger partial charge in [-0.3, -0.25) is 9.36 Å². The van der Waals surface area contributed by atoms with Crippen LogP contribution in [0.5, 0.6) is 0 Å². The van der Waals surface area contributed by atoms with Crippen LogP contribution in [0.3, 0.4) is 0 Å². The van der Waals surface area contributed by atoms with E-state index in [0.717, 1.165) is 66.1 Å². The molecular formula is C31H29N7O2. The van der Waals surface area contributed by atoms with Gasteiger partial charge in [-0.15, -0.1) is 0 Å². The first-order valence-electron chi connectivity index (χ1n) is 13.6. The largest absolute Gasteiger partial charge is 0.481 e. The number of benzene rings is 1. The number of nitrogens with zero attached hydrogens (tertiary/aromatic N) is 5. The van der Waals surface area contributed by atoms with Gasteiger partial charge in [0.15, 0.2) is 11.5 Å². The van der Waals surface area contributed by atoms with E-state index in [0.29, 0.717) is 23.2 Å². The Morgan fingerprint density at radius 1 is 0.975 bits per heavy atom. The molecule has 2 aliphatic rings. The molecule has 4 N–H and O–H groups in total. The van der Waals surface area contributed by atoms with Crippen molar-refractivity contribution in [2.24, 2.45) is 17.3 Å². The first kappa shape index (κ1) is 24.3. The number of nitrogens with two attached hydrogens (primary N) is 1. The number of pyridine rings is 3. The van der Waals surface area contributed by atoms with E-state index in [1.54, 1.807) is 6.20 Å². The van der Waals surface area contributed by atoms with Crippen molar-refractivity contribution < 1.29 is 9.90 Å². The van der Waals surface area contributed by atoms with Gasteiger partial charge in [0.2, 0.25) is 0 Å². The maximum absolute atomic E-state index is 11.1. The van der Waals surface area contributed by atoms with Crippen molar-refractivity contribution in [1.29, 1.82) is 0 Å². The third-order valence-electron chi connectivity index (χ3n) is 8.38. The van der Waals surface area contributed by atoms with Crippen LogP contribution < -0.4 is 11.1 Å². The fraction of sp³-hybridized carbons (Fsp3) is 0.258. The zero-order chi connectivity index (χ0) is 27.3. The molecule has 5 aromatic rings. The first-order chi connectivity index (χ1) is 19.5. The normalized spacial score (nSPS) is 21.6. The van der Waals surface area contributed by atoms with Crippen LogP contribution in [-0.4, -0.2) is 42.1 Å². The molecule has 0 radical (unpaired) electrons. The first-order valence-corrected chi connectivity index (χ1v) is 13.6. The standard InChI is InChI=1S/C31H29N7O2/c32-27-23(7-4-12-33-27)28-37-25-10-9-24(20-5-2-1-3-6-20)36-29(25)38(28)22-8-11-26(35-18-22)34-17-19-13-31(14-19)15-21(16-31)30(39)40/h1-12,18-19,21H,13-17H2,(H2,32,33)(H,34,35)(H,39,40). The summed E-state index contributed by atoms with van der Waals surface area (Å²) in [6.07, 6.45) is 7.33. The van der Waals surface area contributed by atoms with Gasteiger partial charge in [0.05, 0.1) is 29.1 Å². The summed E-state index contributed by atoms with van der Waals surface area (Å²) in [6, 6.07) is 21.8. The van der Waals surface area contributed by atoms with Crippen LogP contribution >= 0.6 is 0 Å². The summed E-state index contributed by atoms with van der Waals surface area (Å²) >= 11 is 0. The lowest BCUT2D eigenvalue weighted by Crippen LogP contribution is -2.51. The number of aromatic nitrogens is 5. The predicted molar refractivity (Wildman–Crippen MR) is 154 cm³/mol. The van der Waals surface area contributed by atoms with Gasteiger partial charge in [0.1, 0.15) is 17.2 Å². The number of nitrogen functional groups attached to an aromatic ring is 1. The Kier molecular flexibility index (Phi) is 5.73. The second-order valence-corrected chi connectivity index (χ2v) is 11.1. The van der Waals surface area contributed by atoms with E-state index in [1.807, 2.05) is 77.5 Å². The topological polar surface area (TPSA) is 132 Å². The molecule has 0 saturated heterocycles. The molecule has 0 amide bonds. The van der Waals surface area contributed by atoms with E-state index in [4.69, 9.17) is 20.7 Å². The van der Waals surface area contributed by atoms with Gasteiger partial charge in [0, 0.05) is 18.3 Å². The van der Waals surface area contributed by atoms with Crippen LogP contribution in [-0.2, 0) is 4.79 Å². The van der Waals surface area contributed by atoms with E-state index in [2.05, 4.69) is 10.3 Å². The number of hydrogen-bond donors (Lipinski definition) is 3. The monoisotopic (exact) mass is 531 g/mol. The third kappa shape index (κ3) is 4.23. The van der Waals surface area contributed by atoms with Gasteiger partial charge in [-0.05, 0) is 73.4 Å². The maximum atomic E-state index is 11.1. The molecular weight excluding hydrogens is 502 g/mol. The van der Waals surface area contributed by atoms with Gasteiger partial charge < -0.3 is 16.2 Å². The zero-order valence-corrected chi connectivity index (χ0v) is 21.9. The number of carbonyl (C=O) groups is 1. The van der Waals surface area contributed by atoms with Crippen LogP contribution in [0.25, 0.3) is 39.5 Å². The summed E-state index contributed by atoms with van der Waals surface area (Å²) in [5, 5.41) is 12.6. The Labute approximate surface area is 231 Å². The Balaban J connectivity index is 1.16. The van der Waals surface area contributed by atoms with Crippen LogP contribution in [0.2, 0.25) is 0 Å². The quantitative estimate of drug-likeness (QED) is 0.253. The van der Waals surface area contributed by atoms with Crippen LogP contribution in [0, 0.1) is 17.3 Å². The Bertz CT molecular complexity index is 1700. The molecule has 2 aliphatic carbocycles. The lowest BCUT2D eigenvalue weighted by Gasteiger charge is -2.56. The number of fused-ring (bicyclic) bond motifs is 1. The lowest BCUT2D eigenvalue weighted by molar-refractivity contribution is -0.157. The number of imidazole rings is 1. The van der Waals surface area contributed by atoms with E-state index in [-0.39, 0.29) is 11.3 Å². The highest BCUT2D eigenvalue weighted by atomic mass is 16.4. The van der Waals surface area contributed by atoms with E-state index in [9.17, 15) is 9.90 Å². The molecule has 2 saturated carbocycles. The summed E-state index contributed by atoms with van der Waals surface area (Å²) < 4.78 is 1.98. The summed E-state index contributed by atoms with van der Waals surface area (Å²) in [5.41, 5.74) is 11.4. The molecule has 0 unspecified atom stereocenters. The predicted octanol–water partition coefficient (Wildman–Crippen LogP) is 5.43. The van der Waals surface area contributed by atoms with Crippen LogP contribution in [0.4, 0.5) is 11.6 Å². The summed E-state index contributed by atoms with van der Waals surface area (Å²) in [6.45, 7) is 0.833. The Hall–Kier alpha value is -4.79. The minimum atomic E-state index is -0.650. The smallest absolute Gasteiger partial charge is 0.306 e. The molecule has 2 fully saturated rings. The second kappa shape index (κ2) is 9.44. The average Bonchev–Trinajstić information content (AvgIpc) is 3.30. The molecule has 4 heterocycles. The van der Waals surface area contributed by atoms with Gasteiger partial charge in [-0.25, -0.2) is 19.9 Å². The van der Waals surface area contributed by atoms with Gasteiger partial charge in [0.25, 0.3) is 0 Å². The SMILES string of the molecule is Nc1ncccc1-c1nc2ccc(-c3ccccc3)nc2n1-c1ccc(NCC2CC3(C2)CC(C(=O)O)C3)nc1. The van der Waals surface area contributed by atoms with Crippen molar-refractivity contribution in [3.05, 3.63) is 79.1 Å². The Morgan fingerprint density at radius 3 is 2.52 bits per heavy atom. The maximum Gasteiger partial charge on any atom is 0.306 e. The number of carboxylic acid groups (broad SMARTS) is 1. The molecule has 4 aromatic heterocycles. The second-order valence-electron chi connectivity index (χ2n) is 11.1. The molecule has 9 nitrogen and oxygen atoms in total. The highest BCUT2D eigenvalue weighted by Gasteiger charge is 2.54. The summed E-state index contributed by atoms with van der Waals surface area (Å²) in [4.78, 5) is 30.0. The molecule has 0 atom stereocenters. The molecule has 9 heteroatoms. The molecule has 0 aliphatic heterocycles. The molecule has 40 heavy (non-hydrogen) atoms. The van der Waals surface area contributed by atoms with Crippen LogP contribution in [0.1, 0.15) is 25.7 Å². The summed E-state index contributed by atoms with van der Waals surface area (Å²) in [7, 11) is 0. The summed E-state index contributed by atoms with van der Waals surface area (Å²) in [5.74, 6) is 1.60. The number of anilines is 2. The molecule has 7 rings (SSSR count). The fourth-order valence-corrected chi connectivity index (χ4v) is 6.43. The number of aliphatic carboxylic acids is 1. The molecule has 1 spiro atoms. The van der Waals surface area contributed by atoms with Crippen molar-refractivity contribution in [3.63, 3.8) is 0 Å². The van der Waals surface area contributed by atoms with Gasteiger partial charge in [-0.2, -0.15) is 0 Å². The Morgan fingerprint density at radius 2 is 1.80 bits per heavy atom. The molecule has 1 aromatic carbocycles. The number of rotatable bonds is 7. The van der Waals surface area contributed by atoms with E-state index >= 15 is 0 Å². The fourth-order valence-electron chi connectivity index (χ4n) is 6.43. The molecule has 200 valence electrons. The highest BCUT2D eigenvalue weighted by Crippen LogP contribution is 2.61. The minimum Gasteiger partial charge on any atom is -0.481 e. The van der Waals surface area contributed by atoms with E-state index in [1.165, 1.54) is 0 Å². The zero-order valence-electron chi connectivity index (χ0n) is 21.9. The highest BCUT2D eigenvalue weighted by molar-refractivity contribution is 5.84.